The summed E-state index contributed by atoms with van der Waals surface area (Å²) in [5.41, 5.74) is 7.11. The zero-order chi connectivity index (χ0) is 9.84. The summed E-state index contributed by atoms with van der Waals surface area (Å²) in [7, 11) is 1.53. The van der Waals surface area contributed by atoms with Gasteiger partial charge in [0.15, 0.2) is 0 Å². The molecule has 0 aliphatic carbocycles. The van der Waals surface area contributed by atoms with E-state index in [9.17, 15) is 4.39 Å². The Morgan fingerprint density at radius 1 is 1.54 bits per heavy atom. The first-order valence-corrected chi connectivity index (χ1v) is 4.18. The number of hydrogen-bond acceptors (Lipinski definition) is 2. The van der Waals surface area contributed by atoms with Crippen LogP contribution in [0.2, 0.25) is 0 Å². The highest BCUT2D eigenvalue weighted by Crippen LogP contribution is 2.28. The van der Waals surface area contributed by atoms with Crippen LogP contribution in [0.1, 0.15) is 24.1 Å². The summed E-state index contributed by atoms with van der Waals surface area (Å²) in [4.78, 5) is 0. The molecule has 0 amide bonds. The van der Waals surface area contributed by atoms with Crippen molar-refractivity contribution >= 4 is 0 Å². The Morgan fingerprint density at radius 3 is 2.69 bits per heavy atom. The fraction of sp³-hybridized carbons (Fsp3) is 0.400. The average Bonchev–Trinajstić information content (AvgIpc) is 2.16. The lowest BCUT2D eigenvalue weighted by Gasteiger charge is -2.13. The topological polar surface area (TPSA) is 35.2 Å². The van der Waals surface area contributed by atoms with E-state index in [4.69, 9.17) is 10.5 Å². The zero-order valence-electron chi connectivity index (χ0n) is 7.88. The molecule has 0 aliphatic heterocycles. The van der Waals surface area contributed by atoms with Gasteiger partial charge in [0.25, 0.3) is 0 Å². The highest BCUT2D eigenvalue weighted by molar-refractivity contribution is 5.42. The molecule has 3 heteroatoms. The van der Waals surface area contributed by atoms with Gasteiger partial charge in [0.1, 0.15) is 12.4 Å². The van der Waals surface area contributed by atoms with Gasteiger partial charge >= 0.3 is 0 Å². The third-order valence-electron chi connectivity index (χ3n) is 1.97. The highest BCUT2D eigenvalue weighted by atomic mass is 19.1. The summed E-state index contributed by atoms with van der Waals surface area (Å²) >= 11 is 0. The number of methoxy groups -OCH3 is 1. The molecule has 0 heterocycles. The Bertz CT molecular complexity index is 286. The maximum absolute atomic E-state index is 12.5. The number of benzene rings is 1. The molecule has 2 nitrogen and oxygen atoms in total. The molecule has 1 aromatic carbocycles. The number of para-hydroxylation sites is 1. The minimum atomic E-state index is -0.524. The third-order valence-corrected chi connectivity index (χ3v) is 1.97. The van der Waals surface area contributed by atoms with E-state index in [0.717, 1.165) is 5.56 Å². The zero-order valence-corrected chi connectivity index (χ0v) is 7.88. The van der Waals surface area contributed by atoms with Gasteiger partial charge in [-0.15, -0.1) is 0 Å². The van der Waals surface area contributed by atoms with Gasteiger partial charge in [-0.2, -0.15) is 0 Å². The van der Waals surface area contributed by atoms with Crippen molar-refractivity contribution < 1.29 is 9.13 Å². The molecule has 72 valence electrons. The second-order valence-electron chi connectivity index (χ2n) is 2.96. The minimum absolute atomic E-state index is 0.138. The molecule has 0 radical (unpaired) electrons. The molecule has 0 aromatic heterocycles. The van der Waals surface area contributed by atoms with E-state index in [-0.39, 0.29) is 6.04 Å². The predicted molar refractivity (Wildman–Crippen MR) is 50.4 cm³/mol. The van der Waals surface area contributed by atoms with Crippen molar-refractivity contribution in [2.75, 3.05) is 7.11 Å². The fourth-order valence-corrected chi connectivity index (χ4v) is 1.32. The number of rotatable bonds is 3. The van der Waals surface area contributed by atoms with E-state index in [2.05, 4.69) is 0 Å². The summed E-state index contributed by atoms with van der Waals surface area (Å²) in [6.07, 6.45) is 0. The lowest BCUT2D eigenvalue weighted by molar-refractivity contribution is 0.387. The smallest absolute Gasteiger partial charge is 0.129 e. The quantitative estimate of drug-likeness (QED) is 0.779. The van der Waals surface area contributed by atoms with Gasteiger partial charge < -0.3 is 10.5 Å². The van der Waals surface area contributed by atoms with E-state index in [0.29, 0.717) is 11.3 Å². The summed E-state index contributed by atoms with van der Waals surface area (Å²) in [6.45, 7) is 1.32. The maximum Gasteiger partial charge on any atom is 0.129 e. The van der Waals surface area contributed by atoms with Crippen molar-refractivity contribution in [3.05, 3.63) is 29.3 Å². The van der Waals surface area contributed by atoms with Gasteiger partial charge in [-0.05, 0) is 6.92 Å². The largest absolute Gasteiger partial charge is 0.496 e. The van der Waals surface area contributed by atoms with Crippen LogP contribution in [-0.2, 0) is 6.67 Å². The van der Waals surface area contributed by atoms with Crippen LogP contribution in [0.3, 0.4) is 0 Å². The number of nitrogens with two attached hydrogens (primary N) is 1. The maximum atomic E-state index is 12.5. The molecule has 1 unspecified atom stereocenters. The molecule has 1 atom stereocenters. The van der Waals surface area contributed by atoms with Gasteiger partial charge in [-0.1, -0.05) is 18.2 Å². The molecule has 0 saturated carbocycles. The Hall–Kier alpha value is -1.09. The standard InChI is InChI=1S/C10H14FNO/c1-7(12)9-5-3-4-8(6-11)10(9)13-2/h3-5,7H,6,12H2,1-2H3. The van der Waals surface area contributed by atoms with E-state index in [1.165, 1.54) is 7.11 Å². The van der Waals surface area contributed by atoms with Crippen LogP contribution in [0.15, 0.2) is 18.2 Å². The van der Waals surface area contributed by atoms with E-state index >= 15 is 0 Å². The van der Waals surface area contributed by atoms with Crippen molar-refractivity contribution in [1.82, 2.24) is 0 Å². The van der Waals surface area contributed by atoms with Crippen LogP contribution in [0.5, 0.6) is 5.75 Å². The number of halogens is 1. The summed E-state index contributed by atoms with van der Waals surface area (Å²) in [6, 6.07) is 5.20. The van der Waals surface area contributed by atoms with Crippen molar-refractivity contribution in [3.8, 4) is 5.75 Å². The molecule has 0 bridgehead atoms. The van der Waals surface area contributed by atoms with Crippen LogP contribution in [0.25, 0.3) is 0 Å². The molecule has 2 N–H and O–H groups in total. The monoisotopic (exact) mass is 183 g/mol. The summed E-state index contributed by atoms with van der Waals surface area (Å²) in [5.74, 6) is 0.569. The highest BCUT2D eigenvalue weighted by Gasteiger charge is 2.10. The number of alkyl halides is 1. The Kier molecular flexibility index (Phi) is 3.25. The van der Waals surface area contributed by atoms with Crippen molar-refractivity contribution in [2.45, 2.75) is 19.6 Å². The number of hydrogen-bond donors (Lipinski definition) is 1. The summed E-state index contributed by atoms with van der Waals surface area (Å²) < 4.78 is 17.6. The normalized spacial score (nSPS) is 12.6. The Morgan fingerprint density at radius 2 is 2.23 bits per heavy atom. The van der Waals surface area contributed by atoms with Gasteiger partial charge in [0.2, 0.25) is 0 Å². The van der Waals surface area contributed by atoms with Gasteiger partial charge in [0, 0.05) is 17.2 Å². The van der Waals surface area contributed by atoms with Crippen LogP contribution in [0, 0.1) is 0 Å². The van der Waals surface area contributed by atoms with Crippen molar-refractivity contribution in [1.29, 1.82) is 0 Å². The Balaban J connectivity index is 3.19. The molecular weight excluding hydrogens is 169 g/mol. The molecule has 1 aromatic rings. The van der Waals surface area contributed by atoms with Gasteiger partial charge in [0.05, 0.1) is 7.11 Å². The second-order valence-corrected chi connectivity index (χ2v) is 2.96. The van der Waals surface area contributed by atoms with Crippen LogP contribution in [0.4, 0.5) is 4.39 Å². The van der Waals surface area contributed by atoms with Crippen molar-refractivity contribution in [3.63, 3.8) is 0 Å². The lowest BCUT2D eigenvalue weighted by atomic mass is 10.0. The van der Waals surface area contributed by atoms with Crippen LogP contribution >= 0.6 is 0 Å². The second kappa shape index (κ2) is 4.23. The van der Waals surface area contributed by atoms with Crippen LogP contribution < -0.4 is 10.5 Å². The molecule has 0 saturated heterocycles. The first-order chi connectivity index (χ1) is 6.20. The molecule has 0 spiro atoms. The third kappa shape index (κ3) is 1.98. The lowest BCUT2D eigenvalue weighted by Crippen LogP contribution is -2.08. The van der Waals surface area contributed by atoms with Gasteiger partial charge in [-0.25, -0.2) is 4.39 Å². The molecule has 0 fully saturated rings. The molecule has 13 heavy (non-hydrogen) atoms. The average molecular weight is 183 g/mol. The first kappa shape index (κ1) is 9.99. The van der Waals surface area contributed by atoms with Crippen molar-refractivity contribution in [2.24, 2.45) is 5.73 Å². The first-order valence-electron chi connectivity index (χ1n) is 4.18. The minimum Gasteiger partial charge on any atom is -0.496 e. The SMILES string of the molecule is COc1c(CF)cccc1C(C)N. The van der Waals surface area contributed by atoms with Gasteiger partial charge in [-0.3, -0.25) is 0 Å². The molecule has 1 rings (SSSR count). The molecular formula is C10H14FNO. The number of ether oxygens (including phenoxy) is 1. The van der Waals surface area contributed by atoms with E-state index < -0.39 is 6.67 Å². The van der Waals surface area contributed by atoms with Crippen LogP contribution in [-0.4, -0.2) is 7.11 Å². The molecule has 0 aliphatic rings. The van der Waals surface area contributed by atoms with E-state index in [1.807, 2.05) is 13.0 Å². The summed E-state index contributed by atoms with van der Waals surface area (Å²) in [5, 5.41) is 0. The Labute approximate surface area is 77.5 Å². The predicted octanol–water partition coefficient (Wildman–Crippen LogP) is 2.18. The van der Waals surface area contributed by atoms with E-state index in [1.54, 1.807) is 12.1 Å². The fourth-order valence-electron chi connectivity index (χ4n) is 1.32.